The Morgan fingerprint density at radius 1 is 1.21 bits per heavy atom. The van der Waals surface area contributed by atoms with Crippen LogP contribution in [0.4, 0.5) is 0 Å². The number of aromatic nitrogens is 2. The maximum Gasteiger partial charge on any atom is 0.122 e. The number of nitrogens with zero attached hydrogens (tertiary/aromatic N) is 1. The Hall–Kier alpha value is -2.27. The second-order valence-electron chi connectivity index (χ2n) is 4.12. The zero-order valence-electron chi connectivity index (χ0n) is 10.1. The van der Waals surface area contributed by atoms with Gasteiger partial charge in [-0.15, -0.1) is 0 Å². The predicted molar refractivity (Wildman–Crippen MR) is 77.7 cm³/mol. The van der Waals surface area contributed by atoms with Crippen LogP contribution in [0.25, 0.3) is 10.9 Å². The van der Waals surface area contributed by atoms with Gasteiger partial charge in [0.2, 0.25) is 0 Å². The number of pyridine rings is 1. The average Bonchev–Trinajstić information content (AvgIpc) is 2.81. The first-order valence-electron chi connectivity index (χ1n) is 5.78. The second-order valence-corrected chi connectivity index (χ2v) is 5.18. The molecule has 4 N–H and O–H groups in total. The van der Waals surface area contributed by atoms with Crippen molar-refractivity contribution in [1.82, 2.24) is 9.97 Å². The van der Waals surface area contributed by atoms with Crippen molar-refractivity contribution >= 4 is 28.5 Å². The first-order valence-corrected chi connectivity index (χ1v) is 6.60. The van der Waals surface area contributed by atoms with E-state index in [9.17, 15) is 0 Å². The van der Waals surface area contributed by atoms with E-state index < -0.39 is 0 Å². The molecule has 2 heterocycles. The topological polar surface area (TPSA) is 78.6 Å². The molecule has 1 aromatic carbocycles. The summed E-state index contributed by atoms with van der Waals surface area (Å²) in [5, 5.41) is 10.4. The van der Waals surface area contributed by atoms with Crippen molar-refractivity contribution in [2.75, 3.05) is 0 Å². The molecule has 0 unspecified atom stereocenters. The predicted octanol–water partition coefficient (Wildman–Crippen LogP) is 3.00. The molecule has 0 saturated carbocycles. The Morgan fingerprint density at radius 2 is 2.05 bits per heavy atom. The molecular weight excluding hydrogens is 256 g/mol. The van der Waals surface area contributed by atoms with Gasteiger partial charge in [0.05, 0.1) is 5.03 Å². The molecule has 19 heavy (non-hydrogen) atoms. The number of amidine groups is 1. The lowest BCUT2D eigenvalue weighted by molar-refractivity contribution is 1.11. The van der Waals surface area contributed by atoms with Crippen molar-refractivity contribution in [3.63, 3.8) is 0 Å². The van der Waals surface area contributed by atoms with Crippen LogP contribution >= 0.6 is 11.8 Å². The van der Waals surface area contributed by atoms with Crippen LogP contribution in [0.1, 0.15) is 5.56 Å². The zero-order chi connectivity index (χ0) is 13.2. The Bertz CT molecular complexity index is 715. The molecular formula is C14H12N4S. The van der Waals surface area contributed by atoms with Gasteiger partial charge in [-0.2, -0.15) is 0 Å². The molecule has 0 saturated heterocycles. The van der Waals surface area contributed by atoms with Crippen molar-refractivity contribution in [1.29, 1.82) is 5.41 Å². The minimum Gasteiger partial charge on any atom is -0.384 e. The number of benzene rings is 1. The molecule has 2 aromatic heterocycles. The molecule has 0 bridgehead atoms. The molecule has 94 valence electrons. The molecule has 3 aromatic rings. The molecule has 0 fully saturated rings. The van der Waals surface area contributed by atoms with Gasteiger partial charge >= 0.3 is 0 Å². The largest absolute Gasteiger partial charge is 0.384 e. The summed E-state index contributed by atoms with van der Waals surface area (Å²) < 4.78 is 0. The number of nitrogen functional groups attached to an aromatic ring is 1. The highest BCUT2D eigenvalue weighted by atomic mass is 32.2. The van der Waals surface area contributed by atoms with Gasteiger partial charge in [-0.25, -0.2) is 4.98 Å². The standard InChI is InChI=1S/C14H12N4S/c15-14(16)10-5-6-17-12(8-10)19-13-7-9-3-1-2-4-11(9)18-13/h1-8,18H,(H3,15,16). The van der Waals surface area contributed by atoms with Crippen LogP contribution in [0.2, 0.25) is 0 Å². The van der Waals surface area contributed by atoms with E-state index in [1.807, 2.05) is 24.3 Å². The van der Waals surface area contributed by atoms with E-state index in [0.717, 1.165) is 15.6 Å². The van der Waals surface area contributed by atoms with Gasteiger partial charge in [-0.05, 0) is 24.3 Å². The third kappa shape index (κ3) is 2.46. The highest BCUT2D eigenvalue weighted by Gasteiger charge is 2.05. The van der Waals surface area contributed by atoms with Gasteiger partial charge in [-0.1, -0.05) is 30.0 Å². The first kappa shape index (κ1) is 11.8. The van der Waals surface area contributed by atoms with Gasteiger partial charge in [-0.3, -0.25) is 5.41 Å². The summed E-state index contributed by atoms with van der Waals surface area (Å²) >= 11 is 1.53. The third-order valence-corrected chi connectivity index (χ3v) is 3.64. The molecule has 0 aliphatic rings. The summed E-state index contributed by atoms with van der Waals surface area (Å²) in [5.41, 5.74) is 7.27. The Morgan fingerprint density at radius 3 is 2.84 bits per heavy atom. The van der Waals surface area contributed by atoms with Crippen molar-refractivity contribution in [2.24, 2.45) is 5.73 Å². The fraction of sp³-hybridized carbons (Fsp3) is 0. The molecule has 0 atom stereocenters. The van der Waals surface area contributed by atoms with Crippen molar-refractivity contribution < 1.29 is 0 Å². The highest BCUT2D eigenvalue weighted by molar-refractivity contribution is 7.99. The molecule has 0 aliphatic heterocycles. The van der Waals surface area contributed by atoms with Crippen LogP contribution in [0.5, 0.6) is 0 Å². The Labute approximate surface area is 114 Å². The number of H-pyrrole nitrogens is 1. The molecule has 5 heteroatoms. The van der Waals surface area contributed by atoms with Crippen LogP contribution in [-0.4, -0.2) is 15.8 Å². The van der Waals surface area contributed by atoms with E-state index in [0.29, 0.717) is 5.56 Å². The van der Waals surface area contributed by atoms with E-state index in [-0.39, 0.29) is 5.84 Å². The minimum absolute atomic E-state index is 0.0564. The van der Waals surface area contributed by atoms with Crippen LogP contribution in [0.15, 0.2) is 58.7 Å². The van der Waals surface area contributed by atoms with Gasteiger partial charge in [0.1, 0.15) is 10.9 Å². The molecule has 3 rings (SSSR count). The first-order chi connectivity index (χ1) is 9.22. The highest BCUT2D eigenvalue weighted by Crippen LogP contribution is 2.28. The fourth-order valence-electron chi connectivity index (χ4n) is 1.85. The third-order valence-electron chi connectivity index (χ3n) is 2.77. The number of nitrogens with two attached hydrogens (primary N) is 1. The van der Waals surface area contributed by atoms with E-state index >= 15 is 0 Å². The summed E-state index contributed by atoms with van der Waals surface area (Å²) in [4.78, 5) is 7.61. The SMILES string of the molecule is N=C(N)c1ccnc(Sc2cc3ccccc3[nH]2)c1. The fourth-order valence-corrected chi connectivity index (χ4v) is 2.72. The van der Waals surface area contributed by atoms with Gasteiger partial charge in [0, 0.05) is 22.7 Å². The summed E-state index contributed by atoms with van der Waals surface area (Å²) in [6.07, 6.45) is 1.67. The average molecular weight is 268 g/mol. The monoisotopic (exact) mass is 268 g/mol. The van der Waals surface area contributed by atoms with E-state index in [4.69, 9.17) is 11.1 Å². The number of aromatic amines is 1. The smallest absolute Gasteiger partial charge is 0.122 e. The summed E-state index contributed by atoms with van der Waals surface area (Å²) in [6.45, 7) is 0. The number of hydrogen-bond acceptors (Lipinski definition) is 3. The minimum atomic E-state index is 0.0564. The van der Waals surface area contributed by atoms with Crippen molar-refractivity contribution in [2.45, 2.75) is 10.1 Å². The van der Waals surface area contributed by atoms with Crippen LogP contribution in [-0.2, 0) is 0 Å². The number of para-hydroxylation sites is 1. The number of hydrogen-bond donors (Lipinski definition) is 3. The second kappa shape index (κ2) is 4.78. The van der Waals surface area contributed by atoms with E-state index in [1.165, 1.54) is 17.1 Å². The Balaban J connectivity index is 1.92. The van der Waals surface area contributed by atoms with Crippen LogP contribution in [0.3, 0.4) is 0 Å². The van der Waals surface area contributed by atoms with E-state index in [2.05, 4.69) is 22.1 Å². The quantitative estimate of drug-likeness (QED) is 0.504. The molecule has 0 amide bonds. The van der Waals surface area contributed by atoms with Crippen LogP contribution < -0.4 is 5.73 Å². The van der Waals surface area contributed by atoms with Gasteiger partial charge < -0.3 is 10.7 Å². The lowest BCUT2D eigenvalue weighted by Crippen LogP contribution is -2.10. The van der Waals surface area contributed by atoms with Crippen molar-refractivity contribution in [3.8, 4) is 0 Å². The maximum absolute atomic E-state index is 7.43. The number of fused-ring (bicyclic) bond motifs is 1. The van der Waals surface area contributed by atoms with Crippen LogP contribution in [0, 0.1) is 5.41 Å². The maximum atomic E-state index is 7.43. The van der Waals surface area contributed by atoms with Crippen molar-refractivity contribution in [3.05, 3.63) is 54.2 Å². The van der Waals surface area contributed by atoms with E-state index in [1.54, 1.807) is 12.3 Å². The Kier molecular flexibility index (Phi) is 2.97. The molecule has 0 radical (unpaired) electrons. The molecule has 4 nitrogen and oxygen atoms in total. The summed E-state index contributed by atoms with van der Waals surface area (Å²) in [6, 6.07) is 13.8. The number of nitrogens with one attached hydrogen (secondary N) is 2. The normalized spacial score (nSPS) is 10.7. The zero-order valence-corrected chi connectivity index (χ0v) is 10.9. The lowest BCUT2D eigenvalue weighted by atomic mass is 10.2. The summed E-state index contributed by atoms with van der Waals surface area (Å²) in [7, 11) is 0. The summed E-state index contributed by atoms with van der Waals surface area (Å²) in [5.74, 6) is 0.0564. The molecule has 0 aliphatic carbocycles. The lowest BCUT2D eigenvalue weighted by Gasteiger charge is -2.01. The number of rotatable bonds is 3. The van der Waals surface area contributed by atoms with Gasteiger partial charge in [0.25, 0.3) is 0 Å². The van der Waals surface area contributed by atoms with Gasteiger partial charge in [0.15, 0.2) is 0 Å². The molecule has 0 spiro atoms.